The SMILES string of the molecule is NNc1nc(CC2CC2)nc2c1CSC2. The van der Waals surface area contributed by atoms with Crippen LogP contribution in [0.15, 0.2) is 0 Å². The molecule has 2 heterocycles. The van der Waals surface area contributed by atoms with Gasteiger partial charge in [0.2, 0.25) is 0 Å². The van der Waals surface area contributed by atoms with Crippen LogP contribution in [-0.4, -0.2) is 9.97 Å². The van der Waals surface area contributed by atoms with Gasteiger partial charge in [0.05, 0.1) is 5.69 Å². The van der Waals surface area contributed by atoms with Crippen molar-refractivity contribution in [1.82, 2.24) is 9.97 Å². The second-order valence-corrected chi connectivity index (χ2v) is 5.18. The van der Waals surface area contributed by atoms with Crippen LogP contribution in [0.25, 0.3) is 0 Å². The smallest absolute Gasteiger partial charge is 0.148 e. The maximum atomic E-state index is 5.49. The minimum absolute atomic E-state index is 0.822. The number of nitrogen functional groups attached to an aromatic ring is 1. The monoisotopic (exact) mass is 222 g/mol. The highest BCUT2D eigenvalue weighted by Gasteiger charge is 2.25. The van der Waals surface area contributed by atoms with Crippen molar-refractivity contribution in [2.75, 3.05) is 5.43 Å². The summed E-state index contributed by atoms with van der Waals surface area (Å²) >= 11 is 1.88. The highest BCUT2D eigenvalue weighted by atomic mass is 32.2. The van der Waals surface area contributed by atoms with Crippen LogP contribution in [0.5, 0.6) is 0 Å². The fraction of sp³-hybridized carbons (Fsp3) is 0.600. The Balaban J connectivity index is 1.94. The second kappa shape index (κ2) is 3.64. The molecule has 0 unspecified atom stereocenters. The van der Waals surface area contributed by atoms with Gasteiger partial charge in [0, 0.05) is 23.5 Å². The van der Waals surface area contributed by atoms with Gasteiger partial charge in [-0.25, -0.2) is 15.8 Å². The fourth-order valence-corrected chi connectivity index (χ4v) is 2.93. The summed E-state index contributed by atoms with van der Waals surface area (Å²) < 4.78 is 0. The Morgan fingerprint density at radius 3 is 2.93 bits per heavy atom. The van der Waals surface area contributed by atoms with Crippen molar-refractivity contribution in [2.24, 2.45) is 11.8 Å². The summed E-state index contributed by atoms with van der Waals surface area (Å²) in [5, 5.41) is 0. The molecule has 2 aliphatic rings. The van der Waals surface area contributed by atoms with E-state index in [9.17, 15) is 0 Å². The molecule has 3 N–H and O–H groups in total. The lowest BCUT2D eigenvalue weighted by Gasteiger charge is -2.08. The third-order valence-corrected chi connectivity index (χ3v) is 3.90. The van der Waals surface area contributed by atoms with Crippen molar-refractivity contribution in [3.05, 3.63) is 17.1 Å². The van der Waals surface area contributed by atoms with Crippen molar-refractivity contribution in [3.63, 3.8) is 0 Å². The fourth-order valence-electron chi connectivity index (χ4n) is 1.89. The van der Waals surface area contributed by atoms with E-state index in [1.54, 1.807) is 0 Å². The number of hydrogen-bond donors (Lipinski definition) is 2. The molecule has 0 atom stereocenters. The van der Waals surface area contributed by atoms with Crippen molar-refractivity contribution < 1.29 is 0 Å². The molecular formula is C10H14N4S. The molecule has 0 amide bonds. The Labute approximate surface area is 93.0 Å². The van der Waals surface area contributed by atoms with Gasteiger partial charge in [0.15, 0.2) is 0 Å². The molecule has 1 aromatic heterocycles. The lowest BCUT2D eigenvalue weighted by atomic mass is 10.2. The summed E-state index contributed by atoms with van der Waals surface area (Å²) in [4.78, 5) is 9.10. The zero-order valence-electron chi connectivity index (χ0n) is 8.49. The molecule has 80 valence electrons. The number of hydrazine groups is 1. The third kappa shape index (κ3) is 1.81. The number of hydrogen-bond acceptors (Lipinski definition) is 5. The van der Waals surface area contributed by atoms with E-state index in [0.29, 0.717) is 0 Å². The topological polar surface area (TPSA) is 63.8 Å². The minimum Gasteiger partial charge on any atom is -0.308 e. The Morgan fingerprint density at radius 2 is 2.20 bits per heavy atom. The van der Waals surface area contributed by atoms with E-state index in [1.807, 2.05) is 11.8 Å². The number of thioether (sulfide) groups is 1. The number of nitrogens with one attached hydrogen (secondary N) is 1. The number of nitrogens with two attached hydrogens (primary N) is 1. The third-order valence-electron chi connectivity index (χ3n) is 2.93. The van der Waals surface area contributed by atoms with Crippen LogP contribution in [0.3, 0.4) is 0 Å². The van der Waals surface area contributed by atoms with Crippen molar-refractivity contribution in [1.29, 1.82) is 0 Å². The number of nitrogens with zero attached hydrogens (tertiary/aromatic N) is 2. The van der Waals surface area contributed by atoms with E-state index in [1.165, 1.54) is 24.1 Å². The average Bonchev–Trinajstić information content (AvgIpc) is 2.93. The summed E-state index contributed by atoms with van der Waals surface area (Å²) in [7, 11) is 0. The maximum Gasteiger partial charge on any atom is 0.148 e. The summed E-state index contributed by atoms with van der Waals surface area (Å²) in [6.45, 7) is 0. The van der Waals surface area contributed by atoms with Crippen LogP contribution in [0, 0.1) is 5.92 Å². The van der Waals surface area contributed by atoms with Gasteiger partial charge in [-0.05, 0) is 18.8 Å². The van der Waals surface area contributed by atoms with Crippen LogP contribution in [-0.2, 0) is 17.9 Å². The molecule has 1 fully saturated rings. The van der Waals surface area contributed by atoms with Gasteiger partial charge in [-0.3, -0.25) is 0 Å². The average molecular weight is 222 g/mol. The highest BCUT2D eigenvalue weighted by molar-refractivity contribution is 7.98. The van der Waals surface area contributed by atoms with Gasteiger partial charge in [0.25, 0.3) is 0 Å². The summed E-state index contributed by atoms with van der Waals surface area (Å²) in [6, 6.07) is 0. The Bertz CT molecular complexity index is 389. The lowest BCUT2D eigenvalue weighted by Crippen LogP contribution is -2.14. The molecule has 1 aliphatic heterocycles. The molecule has 3 rings (SSSR count). The predicted molar refractivity (Wildman–Crippen MR) is 61.3 cm³/mol. The molecule has 1 aromatic rings. The van der Waals surface area contributed by atoms with Crippen LogP contribution in [0.2, 0.25) is 0 Å². The molecule has 5 heteroatoms. The van der Waals surface area contributed by atoms with E-state index in [4.69, 9.17) is 5.84 Å². The van der Waals surface area contributed by atoms with Crippen LogP contribution in [0.4, 0.5) is 5.82 Å². The van der Waals surface area contributed by atoms with E-state index >= 15 is 0 Å². The van der Waals surface area contributed by atoms with Crippen LogP contribution >= 0.6 is 11.8 Å². The molecule has 0 saturated heterocycles. The van der Waals surface area contributed by atoms with E-state index < -0.39 is 0 Å². The predicted octanol–water partition coefficient (Wildman–Crippen LogP) is 1.46. The zero-order valence-corrected chi connectivity index (χ0v) is 9.31. The Morgan fingerprint density at radius 1 is 1.33 bits per heavy atom. The quantitative estimate of drug-likeness (QED) is 0.599. The Kier molecular flexibility index (Phi) is 2.29. The normalized spacial score (nSPS) is 19.0. The van der Waals surface area contributed by atoms with E-state index in [-0.39, 0.29) is 0 Å². The molecule has 1 saturated carbocycles. The summed E-state index contributed by atoms with van der Waals surface area (Å²) in [5.74, 6) is 10.1. The van der Waals surface area contributed by atoms with Crippen LogP contribution in [0.1, 0.15) is 29.9 Å². The van der Waals surface area contributed by atoms with Gasteiger partial charge in [0.1, 0.15) is 11.6 Å². The first-order chi connectivity index (χ1) is 7.36. The van der Waals surface area contributed by atoms with E-state index in [2.05, 4.69) is 15.4 Å². The zero-order chi connectivity index (χ0) is 10.3. The van der Waals surface area contributed by atoms with Gasteiger partial charge in [-0.2, -0.15) is 11.8 Å². The number of fused-ring (bicyclic) bond motifs is 1. The van der Waals surface area contributed by atoms with Gasteiger partial charge < -0.3 is 5.43 Å². The molecule has 1 aliphatic carbocycles. The summed E-state index contributed by atoms with van der Waals surface area (Å²) in [6.07, 6.45) is 3.69. The van der Waals surface area contributed by atoms with Crippen molar-refractivity contribution in [2.45, 2.75) is 30.8 Å². The first-order valence-corrected chi connectivity index (χ1v) is 6.45. The molecular weight excluding hydrogens is 208 g/mol. The molecule has 0 radical (unpaired) electrons. The van der Waals surface area contributed by atoms with Crippen molar-refractivity contribution >= 4 is 17.6 Å². The molecule has 15 heavy (non-hydrogen) atoms. The lowest BCUT2D eigenvalue weighted by molar-refractivity contribution is 0.761. The molecule has 0 aromatic carbocycles. The molecule has 0 spiro atoms. The van der Waals surface area contributed by atoms with Crippen LogP contribution < -0.4 is 11.3 Å². The number of anilines is 1. The molecule has 0 bridgehead atoms. The number of aromatic nitrogens is 2. The maximum absolute atomic E-state index is 5.49. The first kappa shape index (κ1) is 9.42. The van der Waals surface area contributed by atoms with Gasteiger partial charge in [-0.15, -0.1) is 0 Å². The minimum atomic E-state index is 0.822. The second-order valence-electron chi connectivity index (χ2n) is 4.20. The molecule has 4 nitrogen and oxygen atoms in total. The number of rotatable bonds is 3. The highest BCUT2D eigenvalue weighted by Crippen LogP contribution is 2.35. The largest absolute Gasteiger partial charge is 0.308 e. The Hall–Kier alpha value is -0.810. The van der Waals surface area contributed by atoms with Gasteiger partial charge >= 0.3 is 0 Å². The standard InChI is InChI=1S/C10H14N4S/c11-14-10-7-4-15-5-8(7)12-9(13-10)3-6-1-2-6/h6H,1-5,11H2,(H,12,13,14). The van der Waals surface area contributed by atoms with Gasteiger partial charge in [-0.1, -0.05) is 0 Å². The first-order valence-electron chi connectivity index (χ1n) is 5.30. The summed E-state index contributed by atoms with van der Waals surface area (Å²) in [5.41, 5.74) is 5.07. The van der Waals surface area contributed by atoms with E-state index in [0.717, 1.165) is 35.5 Å². The van der Waals surface area contributed by atoms with Crippen molar-refractivity contribution in [3.8, 4) is 0 Å².